The Hall–Kier alpha value is -3.84. The average Bonchev–Trinajstić information content (AvgIpc) is 2.79. The van der Waals surface area contributed by atoms with E-state index in [0.717, 1.165) is 11.4 Å². The third-order valence-electron chi connectivity index (χ3n) is 5.81. The van der Waals surface area contributed by atoms with Crippen LogP contribution in [0.2, 0.25) is 0 Å². The van der Waals surface area contributed by atoms with Crippen molar-refractivity contribution < 1.29 is 0 Å². The first kappa shape index (κ1) is 16.1. The molecule has 0 atom stereocenters. The lowest BCUT2D eigenvalue weighted by molar-refractivity contribution is 1.60. The highest BCUT2D eigenvalue weighted by Gasteiger charge is 2.09. The van der Waals surface area contributed by atoms with Gasteiger partial charge in [-0.05, 0) is 55.9 Å². The number of nitrogens with one attached hydrogen (secondary N) is 1. The van der Waals surface area contributed by atoms with Crippen LogP contribution in [0.5, 0.6) is 0 Å². The Balaban J connectivity index is 1.60. The third kappa shape index (κ3) is 2.55. The lowest BCUT2D eigenvalue weighted by atomic mass is 9.94. The molecule has 1 N–H and O–H groups in total. The number of anilines is 2. The summed E-state index contributed by atoms with van der Waals surface area (Å²) in [6, 6.07) is 39.0. The molecule has 29 heavy (non-hydrogen) atoms. The van der Waals surface area contributed by atoms with Gasteiger partial charge in [-0.15, -0.1) is 0 Å². The van der Waals surface area contributed by atoms with Crippen molar-refractivity contribution in [1.82, 2.24) is 0 Å². The Morgan fingerprint density at radius 2 is 0.897 bits per heavy atom. The van der Waals surface area contributed by atoms with Gasteiger partial charge in [-0.2, -0.15) is 0 Å². The molecular formula is C28H19N. The van der Waals surface area contributed by atoms with Gasteiger partial charge in [-0.25, -0.2) is 0 Å². The Labute approximate surface area is 169 Å². The second-order valence-corrected chi connectivity index (χ2v) is 7.50. The van der Waals surface area contributed by atoms with Crippen LogP contribution in [0.1, 0.15) is 0 Å². The highest BCUT2D eigenvalue weighted by Crippen LogP contribution is 2.37. The molecule has 0 amide bonds. The quantitative estimate of drug-likeness (QED) is 0.304. The Morgan fingerprint density at radius 1 is 0.379 bits per heavy atom. The standard InChI is InChI=1S/C28H19N/c1-2-10-21-19(8-1)9-7-15-28(21)29-20-16-17-26-24-13-4-3-11-22(24)23-12-5-6-14-25(23)27(26)18-20/h1-18,29H. The van der Waals surface area contributed by atoms with Crippen LogP contribution < -0.4 is 5.32 Å². The van der Waals surface area contributed by atoms with E-state index in [1.54, 1.807) is 0 Å². The van der Waals surface area contributed by atoms with E-state index in [2.05, 4.69) is 115 Å². The summed E-state index contributed by atoms with van der Waals surface area (Å²) in [6.45, 7) is 0. The minimum absolute atomic E-state index is 1.11. The molecule has 0 heterocycles. The molecule has 6 aromatic rings. The van der Waals surface area contributed by atoms with Gasteiger partial charge < -0.3 is 5.32 Å². The van der Waals surface area contributed by atoms with Crippen molar-refractivity contribution in [3.8, 4) is 0 Å². The molecule has 1 heteroatoms. The zero-order chi connectivity index (χ0) is 19.2. The molecule has 0 aromatic heterocycles. The van der Waals surface area contributed by atoms with Crippen molar-refractivity contribution in [1.29, 1.82) is 0 Å². The fourth-order valence-electron chi connectivity index (χ4n) is 4.48. The lowest BCUT2D eigenvalue weighted by Gasteiger charge is -2.14. The van der Waals surface area contributed by atoms with Crippen LogP contribution >= 0.6 is 0 Å². The van der Waals surface area contributed by atoms with Crippen molar-refractivity contribution >= 4 is 54.5 Å². The predicted molar refractivity (Wildman–Crippen MR) is 126 cm³/mol. The topological polar surface area (TPSA) is 12.0 Å². The van der Waals surface area contributed by atoms with Crippen LogP contribution in [-0.4, -0.2) is 0 Å². The molecule has 1 nitrogen and oxygen atoms in total. The number of hydrogen-bond acceptors (Lipinski definition) is 1. The third-order valence-corrected chi connectivity index (χ3v) is 5.81. The van der Waals surface area contributed by atoms with Gasteiger partial charge in [-0.3, -0.25) is 0 Å². The summed E-state index contributed by atoms with van der Waals surface area (Å²) in [5, 5.41) is 13.9. The van der Waals surface area contributed by atoms with Gasteiger partial charge in [0.25, 0.3) is 0 Å². The summed E-state index contributed by atoms with van der Waals surface area (Å²) in [4.78, 5) is 0. The summed E-state index contributed by atoms with van der Waals surface area (Å²) >= 11 is 0. The molecule has 0 bridgehead atoms. The van der Waals surface area contributed by atoms with E-state index in [1.807, 2.05) is 0 Å². The maximum atomic E-state index is 3.65. The first-order chi connectivity index (χ1) is 14.4. The lowest BCUT2D eigenvalue weighted by Crippen LogP contribution is -1.92. The summed E-state index contributed by atoms with van der Waals surface area (Å²) in [5.74, 6) is 0. The SMILES string of the molecule is c1ccc2c(Nc3ccc4c5ccccc5c5ccccc5c4c3)cccc2c1. The van der Waals surface area contributed by atoms with E-state index in [9.17, 15) is 0 Å². The van der Waals surface area contributed by atoms with Gasteiger partial charge in [0.2, 0.25) is 0 Å². The number of hydrogen-bond donors (Lipinski definition) is 1. The van der Waals surface area contributed by atoms with Crippen molar-refractivity contribution in [3.63, 3.8) is 0 Å². The van der Waals surface area contributed by atoms with Crippen LogP contribution in [0.25, 0.3) is 43.1 Å². The molecule has 136 valence electrons. The zero-order valence-electron chi connectivity index (χ0n) is 15.9. The minimum Gasteiger partial charge on any atom is -0.355 e. The van der Waals surface area contributed by atoms with Gasteiger partial charge >= 0.3 is 0 Å². The smallest absolute Gasteiger partial charge is 0.0463 e. The maximum Gasteiger partial charge on any atom is 0.0463 e. The van der Waals surface area contributed by atoms with Crippen LogP contribution in [0.15, 0.2) is 109 Å². The highest BCUT2D eigenvalue weighted by molar-refractivity contribution is 6.25. The molecule has 0 aliphatic heterocycles. The van der Waals surface area contributed by atoms with Gasteiger partial charge in [-0.1, -0.05) is 91.0 Å². The molecule has 0 aliphatic carbocycles. The molecule has 0 fully saturated rings. The van der Waals surface area contributed by atoms with Gasteiger partial charge in [0.1, 0.15) is 0 Å². The first-order valence-electron chi connectivity index (χ1n) is 9.96. The molecule has 6 aromatic carbocycles. The van der Waals surface area contributed by atoms with Gasteiger partial charge in [0, 0.05) is 16.8 Å². The van der Waals surface area contributed by atoms with E-state index in [1.165, 1.54) is 43.1 Å². The monoisotopic (exact) mass is 369 g/mol. The second-order valence-electron chi connectivity index (χ2n) is 7.50. The summed E-state index contributed by atoms with van der Waals surface area (Å²) < 4.78 is 0. The van der Waals surface area contributed by atoms with E-state index < -0.39 is 0 Å². The Kier molecular flexibility index (Phi) is 3.54. The fourth-order valence-corrected chi connectivity index (χ4v) is 4.48. The number of benzene rings is 6. The van der Waals surface area contributed by atoms with E-state index in [4.69, 9.17) is 0 Å². The normalized spacial score (nSPS) is 11.4. The van der Waals surface area contributed by atoms with Crippen LogP contribution in [0.3, 0.4) is 0 Å². The molecule has 0 saturated carbocycles. The van der Waals surface area contributed by atoms with Gasteiger partial charge in [0.05, 0.1) is 0 Å². The molecule has 6 rings (SSSR count). The van der Waals surface area contributed by atoms with E-state index in [-0.39, 0.29) is 0 Å². The predicted octanol–water partition coefficient (Wildman–Crippen LogP) is 8.04. The summed E-state index contributed by atoms with van der Waals surface area (Å²) in [5.41, 5.74) is 2.24. The highest BCUT2D eigenvalue weighted by atomic mass is 14.9. The summed E-state index contributed by atoms with van der Waals surface area (Å²) in [6.07, 6.45) is 0. The van der Waals surface area contributed by atoms with Crippen molar-refractivity contribution in [2.45, 2.75) is 0 Å². The molecule has 0 saturated heterocycles. The molecule has 0 radical (unpaired) electrons. The number of fused-ring (bicyclic) bond motifs is 7. The molecule has 0 aliphatic rings. The molecular weight excluding hydrogens is 350 g/mol. The molecule has 0 unspecified atom stereocenters. The van der Waals surface area contributed by atoms with Crippen LogP contribution in [-0.2, 0) is 0 Å². The minimum atomic E-state index is 1.11. The van der Waals surface area contributed by atoms with Crippen molar-refractivity contribution in [2.75, 3.05) is 5.32 Å². The van der Waals surface area contributed by atoms with Gasteiger partial charge in [0.15, 0.2) is 0 Å². The van der Waals surface area contributed by atoms with E-state index >= 15 is 0 Å². The maximum absolute atomic E-state index is 3.65. The summed E-state index contributed by atoms with van der Waals surface area (Å²) in [7, 11) is 0. The second kappa shape index (κ2) is 6.35. The average molecular weight is 369 g/mol. The van der Waals surface area contributed by atoms with Crippen molar-refractivity contribution in [3.05, 3.63) is 109 Å². The zero-order valence-corrected chi connectivity index (χ0v) is 15.9. The Bertz CT molecular complexity index is 1490. The molecule has 0 spiro atoms. The van der Waals surface area contributed by atoms with Crippen molar-refractivity contribution in [2.24, 2.45) is 0 Å². The largest absolute Gasteiger partial charge is 0.355 e. The van der Waals surface area contributed by atoms with Crippen LogP contribution in [0, 0.1) is 0 Å². The number of rotatable bonds is 2. The fraction of sp³-hybridized carbons (Fsp3) is 0. The Morgan fingerprint density at radius 3 is 1.59 bits per heavy atom. The van der Waals surface area contributed by atoms with Crippen LogP contribution in [0.4, 0.5) is 11.4 Å². The first-order valence-corrected chi connectivity index (χ1v) is 9.96. The van der Waals surface area contributed by atoms with E-state index in [0.29, 0.717) is 0 Å².